The Hall–Kier alpha value is -5.30. The van der Waals surface area contributed by atoms with Crippen LogP contribution in [0.15, 0.2) is 72.4 Å². The SMILES string of the molecule is N#[N+]N=c1c(S(=O)(=O)Oc2c(C(=O)c3ccccc3)cc(O)c(O)c2O)cc(=O)c(=O)c1=NN=[N-]. The normalized spacial score (nSPS) is 12.2. The number of hydrogen-bond acceptors (Lipinski definition) is 12. The van der Waals surface area contributed by atoms with Crippen molar-refractivity contribution in [2.45, 2.75) is 4.90 Å². The summed E-state index contributed by atoms with van der Waals surface area (Å²) >= 11 is 0. The maximum Gasteiger partial charge on any atom is 0.341 e. The molecular formula is C19H10N6O9S. The van der Waals surface area contributed by atoms with E-state index >= 15 is 0 Å². The van der Waals surface area contributed by atoms with Crippen LogP contribution in [0.2, 0.25) is 0 Å². The first kappa shape index (κ1) is 24.3. The van der Waals surface area contributed by atoms with Crippen molar-refractivity contribution in [3.8, 4) is 23.0 Å². The Morgan fingerprint density at radius 2 is 1.69 bits per heavy atom. The molecule has 0 bridgehead atoms. The van der Waals surface area contributed by atoms with Crippen LogP contribution in [0.1, 0.15) is 15.9 Å². The van der Waals surface area contributed by atoms with Gasteiger partial charge in [-0.2, -0.15) is 8.42 Å². The fourth-order valence-corrected chi connectivity index (χ4v) is 3.95. The molecule has 0 saturated heterocycles. The predicted octanol–water partition coefficient (Wildman–Crippen LogP) is -0.0958. The third-order valence-electron chi connectivity index (χ3n) is 4.40. The molecular weight excluding hydrogens is 488 g/mol. The Kier molecular flexibility index (Phi) is 6.46. The van der Waals surface area contributed by atoms with E-state index in [4.69, 9.17) is 15.1 Å². The summed E-state index contributed by atoms with van der Waals surface area (Å²) in [6.07, 6.45) is 0. The Balaban J connectivity index is 2.34. The summed E-state index contributed by atoms with van der Waals surface area (Å²) in [5.41, 5.74) is 4.92. The van der Waals surface area contributed by atoms with Crippen molar-refractivity contribution >= 4 is 15.9 Å². The number of phenols is 3. The molecule has 0 aromatic heterocycles. The highest BCUT2D eigenvalue weighted by molar-refractivity contribution is 7.87. The number of ketones is 1. The lowest BCUT2D eigenvalue weighted by molar-refractivity contribution is 0.103. The lowest BCUT2D eigenvalue weighted by Gasteiger charge is -2.14. The molecule has 0 saturated carbocycles. The summed E-state index contributed by atoms with van der Waals surface area (Å²) in [7, 11) is -5.33. The molecule has 0 fully saturated rings. The van der Waals surface area contributed by atoms with E-state index in [-0.39, 0.29) is 11.6 Å². The largest absolute Gasteiger partial charge is 0.504 e. The fourth-order valence-electron chi connectivity index (χ4n) is 2.84. The lowest BCUT2D eigenvalue weighted by atomic mass is 10.0. The van der Waals surface area contributed by atoms with Gasteiger partial charge in [0.2, 0.25) is 22.4 Å². The van der Waals surface area contributed by atoms with Crippen molar-refractivity contribution in [3.63, 3.8) is 0 Å². The van der Waals surface area contributed by atoms with Gasteiger partial charge in [0.05, 0.1) is 10.9 Å². The zero-order valence-electron chi connectivity index (χ0n) is 16.9. The van der Waals surface area contributed by atoms with Crippen molar-refractivity contribution in [1.29, 1.82) is 5.39 Å². The smallest absolute Gasteiger partial charge is 0.341 e. The number of diazo groups is 1. The van der Waals surface area contributed by atoms with Gasteiger partial charge in [-0.1, -0.05) is 30.3 Å². The van der Waals surface area contributed by atoms with Crippen LogP contribution in [0.5, 0.6) is 23.0 Å². The highest BCUT2D eigenvalue weighted by Gasteiger charge is 2.31. The molecule has 0 amide bonds. The molecule has 3 aromatic rings. The molecule has 0 radical (unpaired) electrons. The second kappa shape index (κ2) is 9.29. The van der Waals surface area contributed by atoms with Crippen LogP contribution >= 0.6 is 0 Å². The van der Waals surface area contributed by atoms with Crippen molar-refractivity contribution in [2.75, 3.05) is 0 Å². The van der Waals surface area contributed by atoms with Crippen LogP contribution in [0.4, 0.5) is 0 Å². The van der Waals surface area contributed by atoms with Gasteiger partial charge in [0.15, 0.2) is 27.7 Å². The fraction of sp³-hybridized carbons (Fsp3) is 0. The second-order valence-corrected chi connectivity index (χ2v) is 8.00. The zero-order valence-corrected chi connectivity index (χ0v) is 17.7. The van der Waals surface area contributed by atoms with Crippen LogP contribution in [-0.4, -0.2) is 29.5 Å². The number of carbonyl (C=O) groups is 1. The van der Waals surface area contributed by atoms with Crippen molar-refractivity contribution in [2.24, 2.45) is 15.4 Å². The first-order chi connectivity index (χ1) is 16.5. The van der Waals surface area contributed by atoms with Gasteiger partial charge in [-0.05, 0) is 6.07 Å². The Morgan fingerprint density at radius 3 is 2.29 bits per heavy atom. The number of nitrogens with zero attached hydrogens (tertiary/aromatic N) is 6. The molecule has 0 unspecified atom stereocenters. The van der Waals surface area contributed by atoms with Crippen molar-refractivity contribution in [1.82, 2.24) is 0 Å². The molecule has 0 aliphatic rings. The van der Waals surface area contributed by atoms with Crippen LogP contribution in [0, 0.1) is 5.39 Å². The summed E-state index contributed by atoms with van der Waals surface area (Å²) in [5, 5.41) is 47.0. The third-order valence-corrected chi connectivity index (χ3v) is 5.63. The number of benzene rings is 3. The number of rotatable bonds is 6. The van der Waals surface area contributed by atoms with Crippen LogP contribution in [0.3, 0.4) is 0 Å². The Morgan fingerprint density at radius 1 is 1.03 bits per heavy atom. The van der Waals surface area contributed by atoms with E-state index in [1.54, 1.807) is 6.07 Å². The summed E-state index contributed by atoms with van der Waals surface area (Å²) in [4.78, 5) is 35.7. The quantitative estimate of drug-likeness (QED) is 0.0775. The summed E-state index contributed by atoms with van der Waals surface area (Å²) in [5.74, 6) is -5.72. The number of carbonyl (C=O) groups excluding carboxylic acids is 1. The van der Waals surface area contributed by atoms with Crippen LogP contribution < -0.4 is 25.8 Å². The molecule has 0 spiro atoms. The van der Waals surface area contributed by atoms with E-state index in [0.29, 0.717) is 6.07 Å². The zero-order chi connectivity index (χ0) is 25.9. The van der Waals surface area contributed by atoms with Gasteiger partial charge in [0.25, 0.3) is 5.39 Å². The van der Waals surface area contributed by atoms with Gasteiger partial charge in [0, 0.05) is 11.6 Å². The van der Waals surface area contributed by atoms with Crippen molar-refractivity contribution < 1.29 is 32.7 Å². The summed E-state index contributed by atoms with van der Waals surface area (Å²) < 4.78 is 30.9. The minimum Gasteiger partial charge on any atom is -0.504 e. The van der Waals surface area contributed by atoms with E-state index < -0.39 is 70.9 Å². The van der Waals surface area contributed by atoms with Crippen LogP contribution in [-0.2, 0) is 10.1 Å². The molecule has 3 N–H and O–H groups in total. The molecule has 0 heterocycles. The second-order valence-electron chi connectivity index (χ2n) is 6.48. The minimum atomic E-state index is -5.33. The number of phenolic OH excluding ortho intramolecular Hbond substituents is 3. The molecule has 15 nitrogen and oxygen atoms in total. The Bertz CT molecular complexity index is 1750. The molecule has 0 atom stereocenters. The number of aromatic hydroxyl groups is 3. The predicted molar refractivity (Wildman–Crippen MR) is 112 cm³/mol. The van der Waals surface area contributed by atoms with Gasteiger partial charge >= 0.3 is 15.2 Å². The molecule has 176 valence electrons. The summed E-state index contributed by atoms with van der Waals surface area (Å²) in [6.45, 7) is 0. The Labute approximate surface area is 193 Å². The molecule has 3 aromatic carbocycles. The standard InChI is InChI=1S/C19H9N6O9S/c20-24-22-13-12(7-11(27)16(29)14(13)23-25-21)35(32,33)34-19-9(6-10(26)17(30)18(19)31)15(28)8-4-2-1-3-5-8/h1-7,20H,(H,26,31)/q-1/p+1. The third kappa shape index (κ3) is 4.46. The number of hydrogen-bond donors (Lipinski definition) is 3. The first-order valence-electron chi connectivity index (χ1n) is 9.00. The molecule has 0 aliphatic carbocycles. The van der Waals surface area contributed by atoms with E-state index in [9.17, 15) is 38.1 Å². The topological polar surface area (TPSA) is 243 Å². The van der Waals surface area contributed by atoms with Gasteiger partial charge in [0.1, 0.15) is 4.90 Å². The van der Waals surface area contributed by atoms with Crippen LogP contribution in [0.25, 0.3) is 10.6 Å². The first-order valence-corrected chi connectivity index (χ1v) is 10.4. The van der Waals surface area contributed by atoms with Gasteiger partial charge in [-0.15, -0.1) is 0 Å². The van der Waals surface area contributed by atoms with Crippen molar-refractivity contribution in [3.05, 3.63) is 95.4 Å². The molecule has 16 heteroatoms. The van der Waals surface area contributed by atoms with E-state index in [1.165, 1.54) is 24.3 Å². The van der Waals surface area contributed by atoms with Gasteiger partial charge in [-0.25, -0.2) is 0 Å². The monoisotopic (exact) mass is 498 g/mol. The summed E-state index contributed by atoms with van der Waals surface area (Å²) in [6, 6.07) is 7.99. The average molecular weight is 498 g/mol. The minimum absolute atomic E-state index is 0.0304. The molecule has 35 heavy (non-hydrogen) atoms. The average Bonchev–Trinajstić information content (AvgIpc) is 2.83. The highest BCUT2D eigenvalue weighted by atomic mass is 32.2. The lowest BCUT2D eigenvalue weighted by Crippen LogP contribution is -2.49. The van der Waals surface area contributed by atoms with Gasteiger partial charge in [-0.3, -0.25) is 19.6 Å². The highest BCUT2D eigenvalue weighted by Crippen LogP contribution is 2.46. The maximum atomic E-state index is 13.0. The molecule has 3 rings (SSSR count). The maximum absolute atomic E-state index is 13.0. The van der Waals surface area contributed by atoms with E-state index in [1.807, 2.05) is 0 Å². The molecule has 0 aliphatic heterocycles. The van der Waals surface area contributed by atoms with Gasteiger partial charge < -0.3 is 30.1 Å². The van der Waals surface area contributed by atoms with E-state index in [0.717, 1.165) is 0 Å². The van der Waals surface area contributed by atoms with E-state index in [2.05, 4.69) is 20.5 Å².